The molecule has 6 atom stereocenters. The molecule has 3 fully saturated rings. The predicted molar refractivity (Wildman–Crippen MR) is 194 cm³/mol. The van der Waals surface area contributed by atoms with Crippen molar-refractivity contribution >= 4 is 75.3 Å². The zero-order valence-electron chi connectivity index (χ0n) is 29.3. The minimum atomic E-state index is -2.41. The first-order chi connectivity index (χ1) is 25.9. The number of rotatable bonds is 8. The van der Waals surface area contributed by atoms with Crippen molar-refractivity contribution in [2.75, 3.05) is 43.0 Å². The van der Waals surface area contributed by atoms with Gasteiger partial charge in [0.25, 0.3) is 11.8 Å². The van der Waals surface area contributed by atoms with Crippen LogP contribution in [0.2, 0.25) is 0 Å². The maximum atomic E-state index is 14.7. The first kappa shape index (κ1) is 37.5. The van der Waals surface area contributed by atoms with Crippen LogP contribution in [-0.4, -0.2) is 76.6 Å². The molecule has 2 heterocycles. The molecule has 4 amide bonds. The lowest BCUT2D eigenvalue weighted by Crippen LogP contribution is -2.60. The van der Waals surface area contributed by atoms with Gasteiger partial charge in [-0.15, -0.1) is 23.2 Å². The van der Waals surface area contributed by atoms with Gasteiger partial charge in [-0.25, -0.2) is 14.2 Å². The molecule has 4 aliphatic rings. The molecule has 2 aliphatic heterocycles. The molecule has 0 radical (unpaired) electrons. The molecule has 0 bridgehead atoms. The molecule has 1 N–H and O–H groups in total. The Morgan fingerprint density at radius 2 is 1.49 bits per heavy atom. The number of nitro groups is 2. The summed E-state index contributed by atoms with van der Waals surface area (Å²) in [7, 11) is 5.35. The van der Waals surface area contributed by atoms with E-state index in [1.54, 1.807) is 6.08 Å². The molecule has 19 heteroatoms. The van der Waals surface area contributed by atoms with Gasteiger partial charge in [-0.05, 0) is 43.0 Å². The van der Waals surface area contributed by atoms with E-state index >= 15 is 0 Å². The second-order valence-electron chi connectivity index (χ2n) is 13.8. The van der Waals surface area contributed by atoms with Crippen molar-refractivity contribution in [1.29, 1.82) is 0 Å². The van der Waals surface area contributed by atoms with E-state index in [4.69, 9.17) is 32.7 Å². The maximum absolute atomic E-state index is 14.7. The Morgan fingerprint density at radius 1 is 0.873 bits per heavy atom. The molecule has 16 nitrogen and oxygen atoms in total. The van der Waals surface area contributed by atoms with Gasteiger partial charge in [0, 0.05) is 49.8 Å². The normalized spacial score (nSPS) is 27.0. The fourth-order valence-corrected chi connectivity index (χ4v) is 9.51. The van der Waals surface area contributed by atoms with Gasteiger partial charge in [0.2, 0.25) is 11.8 Å². The van der Waals surface area contributed by atoms with Crippen molar-refractivity contribution < 1.29 is 48.0 Å². The van der Waals surface area contributed by atoms with Crippen LogP contribution in [0.1, 0.15) is 24.3 Å². The molecule has 0 spiro atoms. The molecule has 0 aromatic heterocycles. The standard InChI is InChI=1S/C36H30Cl2FN5O11/c1-40(2)30-23(43(50)51)11-18(12-24(30)44(52)53)41-31(46)21-10-9-20-22(27(21)32(41)47)15-35(37)33(48)42(17-7-5-16(39)6-8-17)34(49)36(35,38)29(20)28-25(45)13-19(54-3)14-26(28)55-4/h5-9,11-14,21-22,27,29,45H,10,15H2,1-4H3. The molecule has 3 aromatic carbocycles. The largest absolute Gasteiger partial charge is 0.507 e. The van der Waals surface area contributed by atoms with Crippen LogP contribution in [0.5, 0.6) is 17.2 Å². The molecule has 2 saturated heterocycles. The van der Waals surface area contributed by atoms with Crippen LogP contribution in [0.15, 0.2) is 60.2 Å². The summed E-state index contributed by atoms with van der Waals surface area (Å²) >= 11 is 14.8. The lowest BCUT2D eigenvalue weighted by Gasteiger charge is -2.50. The van der Waals surface area contributed by atoms with Crippen LogP contribution in [0.25, 0.3) is 0 Å². The number of aromatic hydroxyl groups is 1. The zero-order chi connectivity index (χ0) is 40.0. The van der Waals surface area contributed by atoms with Gasteiger partial charge < -0.3 is 19.5 Å². The number of phenolic OH excluding ortho intramolecular Hbond substituents is 1. The van der Waals surface area contributed by atoms with E-state index < -0.39 is 102 Å². The Kier molecular flexibility index (Phi) is 8.80. The topological polar surface area (TPSA) is 203 Å². The highest BCUT2D eigenvalue weighted by Crippen LogP contribution is 2.67. The molecule has 1 saturated carbocycles. The minimum Gasteiger partial charge on any atom is -0.507 e. The van der Waals surface area contributed by atoms with E-state index in [0.29, 0.717) is 9.80 Å². The number of benzene rings is 3. The lowest BCUT2D eigenvalue weighted by molar-refractivity contribution is -0.392. The number of alkyl halides is 2. The van der Waals surface area contributed by atoms with Gasteiger partial charge in [-0.3, -0.25) is 39.4 Å². The average Bonchev–Trinajstić information content (AvgIpc) is 3.48. The first-order valence-electron chi connectivity index (χ1n) is 16.6. The second-order valence-corrected chi connectivity index (χ2v) is 15.0. The highest BCUT2D eigenvalue weighted by Gasteiger charge is 2.77. The Hall–Kier alpha value is -5.81. The summed E-state index contributed by atoms with van der Waals surface area (Å²) in [6, 6.07) is 8.86. The number of hydrogen-bond acceptors (Lipinski definition) is 12. The second kappa shape index (κ2) is 12.9. The number of halogens is 3. The van der Waals surface area contributed by atoms with Crippen LogP contribution in [0, 0.1) is 43.8 Å². The molecule has 55 heavy (non-hydrogen) atoms. The fraction of sp³-hybridized carbons (Fsp3) is 0.333. The van der Waals surface area contributed by atoms with E-state index in [2.05, 4.69) is 0 Å². The monoisotopic (exact) mass is 797 g/mol. The smallest absolute Gasteiger partial charge is 0.301 e. The number of carbonyl (C=O) groups excluding carboxylic acids is 4. The van der Waals surface area contributed by atoms with Crippen molar-refractivity contribution in [3.63, 3.8) is 0 Å². The van der Waals surface area contributed by atoms with E-state index in [1.807, 2.05) is 0 Å². The lowest BCUT2D eigenvalue weighted by atomic mass is 9.56. The number of hydrogen-bond donors (Lipinski definition) is 1. The average molecular weight is 799 g/mol. The Bertz CT molecular complexity index is 2250. The van der Waals surface area contributed by atoms with E-state index in [0.717, 1.165) is 24.3 Å². The fourth-order valence-electron chi connectivity index (χ4n) is 8.59. The summed E-state index contributed by atoms with van der Waals surface area (Å²) in [5, 5.41) is 35.8. The highest BCUT2D eigenvalue weighted by atomic mass is 35.5. The number of anilines is 3. The van der Waals surface area contributed by atoms with Crippen LogP contribution in [-0.2, 0) is 19.2 Å². The number of allylic oxidation sites excluding steroid dienone is 2. The number of carbonyl (C=O) groups is 4. The van der Waals surface area contributed by atoms with E-state index in [-0.39, 0.29) is 40.4 Å². The Morgan fingerprint density at radius 3 is 2.04 bits per heavy atom. The molecule has 2 aliphatic carbocycles. The first-order valence-corrected chi connectivity index (χ1v) is 17.4. The minimum absolute atomic E-state index is 0.0268. The van der Waals surface area contributed by atoms with Crippen molar-refractivity contribution in [3.8, 4) is 17.2 Å². The third-order valence-electron chi connectivity index (χ3n) is 10.9. The van der Waals surface area contributed by atoms with Gasteiger partial charge in [-0.2, -0.15) is 0 Å². The Labute approximate surface area is 320 Å². The van der Waals surface area contributed by atoms with Crippen LogP contribution in [0.4, 0.5) is 32.8 Å². The third kappa shape index (κ3) is 5.16. The third-order valence-corrected chi connectivity index (χ3v) is 12.3. The summed E-state index contributed by atoms with van der Waals surface area (Å²) in [6.45, 7) is 0. The van der Waals surface area contributed by atoms with Gasteiger partial charge in [0.1, 0.15) is 23.1 Å². The summed E-state index contributed by atoms with van der Waals surface area (Å²) in [6.07, 6.45) is 0.947. The van der Waals surface area contributed by atoms with Crippen LogP contribution in [0.3, 0.4) is 0 Å². The van der Waals surface area contributed by atoms with Gasteiger partial charge >= 0.3 is 11.4 Å². The summed E-state index contributed by atoms with van der Waals surface area (Å²) in [4.78, 5) is 78.3. The van der Waals surface area contributed by atoms with Crippen molar-refractivity contribution in [1.82, 2.24) is 0 Å². The van der Waals surface area contributed by atoms with E-state index in [1.165, 1.54) is 57.5 Å². The van der Waals surface area contributed by atoms with Crippen LogP contribution >= 0.6 is 23.2 Å². The van der Waals surface area contributed by atoms with E-state index in [9.17, 15) is 48.9 Å². The van der Waals surface area contributed by atoms with Crippen LogP contribution < -0.4 is 24.2 Å². The molecule has 6 unspecified atom stereocenters. The summed E-state index contributed by atoms with van der Waals surface area (Å²) < 4.78 is 24.9. The number of methoxy groups -OCH3 is 2. The Balaban J connectivity index is 1.42. The summed E-state index contributed by atoms with van der Waals surface area (Å²) in [5.74, 6) is -9.82. The molecular weight excluding hydrogens is 768 g/mol. The van der Waals surface area contributed by atoms with Crippen molar-refractivity contribution in [2.45, 2.75) is 28.5 Å². The predicted octanol–water partition coefficient (Wildman–Crippen LogP) is 5.20. The SMILES string of the molecule is COc1cc(O)c(C2C3=CCC4C(=O)N(c5cc([N+](=O)[O-])c(N(C)C)c([N+](=O)[O-])c5)C(=O)C4C3CC3(Cl)C(=O)N(c4ccc(F)cc4)C(=O)C23Cl)c(OC)c1. The number of amides is 4. The zero-order valence-corrected chi connectivity index (χ0v) is 30.8. The van der Waals surface area contributed by atoms with Gasteiger partial charge in [0.15, 0.2) is 15.4 Å². The number of phenols is 1. The number of fused-ring (bicyclic) bond motifs is 4. The number of imide groups is 2. The molecular formula is C36H30Cl2FN5O11. The highest BCUT2D eigenvalue weighted by molar-refractivity contribution is 6.58. The molecule has 3 aromatic rings. The number of ether oxygens (including phenoxy) is 2. The molecule has 286 valence electrons. The van der Waals surface area contributed by atoms with Gasteiger partial charge in [0.05, 0.1) is 47.3 Å². The van der Waals surface area contributed by atoms with Crippen molar-refractivity contribution in [2.24, 2.45) is 17.8 Å². The summed E-state index contributed by atoms with van der Waals surface area (Å²) in [5.41, 5.74) is -2.13. The van der Waals surface area contributed by atoms with Crippen molar-refractivity contribution in [3.05, 3.63) is 91.8 Å². The molecule has 7 rings (SSSR count). The quantitative estimate of drug-likeness (QED) is 0.103. The van der Waals surface area contributed by atoms with Gasteiger partial charge in [-0.1, -0.05) is 11.6 Å². The number of nitro benzene ring substituents is 2. The number of nitrogens with zero attached hydrogens (tertiary/aromatic N) is 5. The maximum Gasteiger partial charge on any atom is 0.301 e.